The lowest BCUT2D eigenvalue weighted by atomic mass is 9.98. The fraction of sp³-hybridized carbons (Fsp3) is 0.417. The Balaban J connectivity index is 2.19. The lowest BCUT2D eigenvalue weighted by Gasteiger charge is -2.31. The van der Waals surface area contributed by atoms with Crippen LogP contribution in [0.3, 0.4) is 0 Å². The smallest absolute Gasteiger partial charge is 0.148 e. The minimum Gasteiger partial charge on any atom is -0.355 e. The predicted octanol–water partition coefficient (Wildman–Crippen LogP) is 2.02. The molecule has 0 atom stereocenters. The Bertz CT molecular complexity index is 461. The van der Waals surface area contributed by atoms with Crippen LogP contribution < -0.4 is 4.90 Å². The molecule has 0 bridgehead atoms. The number of carbonyl (C=O) groups excluding carboxylic acids is 1. The lowest BCUT2D eigenvalue weighted by Crippen LogP contribution is -2.34. The number of aromatic nitrogens is 1. The van der Waals surface area contributed by atoms with Crippen LogP contribution in [0.15, 0.2) is 12.3 Å². The van der Waals surface area contributed by atoms with Crippen molar-refractivity contribution in [2.45, 2.75) is 12.8 Å². The highest BCUT2D eigenvalue weighted by atomic mass is 35.5. The maximum absolute atomic E-state index is 10.7. The summed E-state index contributed by atoms with van der Waals surface area (Å²) in [5.74, 6) is 0.791. The minimum atomic E-state index is 0.143. The van der Waals surface area contributed by atoms with E-state index < -0.39 is 0 Å². The Morgan fingerprint density at radius 3 is 2.82 bits per heavy atom. The quantitative estimate of drug-likeness (QED) is 0.753. The third-order valence-corrected chi connectivity index (χ3v) is 3.40. The van der Waals surface area contributed by atoms with Gasteiger partial charge in [-0.25, -0.2) is 4.98 Å². The summed E-state index contributed by atoms with van der Waals surface area (Å²) < 4.78 is 0. The van der Waals surface area contributed by atoms with Crippen LogP contribution in [0.5, 0.6) is 0 Å². The van der Waals surface area contributed by atoms with E-state index in [2.05, 4.69) is 4.98 Å². The molecule has 1 aliphatic rings. The van der Waals surface area contributed by atoms with Crippen LogP contribution in [0, 0.1) is 17.2 Å². The molecule has 2 rings (SSSR count). The van der Waals surface area contributed by atoms with E-state index in [1.54, 1.807) is 12.3 Å². The van der Waals surface area contributed by atoms with E-state index in [1.807, 2.05) is 11.0 Å². The summed E-state index contributed by atoms with van der Waals surface area (Å²) in [6, 6.07) is 3.64. The average Bonchev–Trinajstić information content (AvgIpc) is 2.39. The van der Waals surface area contributed by atoms with Crippen molar-refractivity contribution in [2.24, 2.45) is 5.92 Å². The number of hydrogen-bond acceptors (Lipinski definition) is 4. The van der Waals surface area contributed by atoms with Gasteiger partial charge in [0.1, 0.15) is 23.2 Å². The molecule has 1 aliphatic heterocycles. The van der Waals surface area contributed by atoms with Crippen LogP contribution in [0.25, 0.3) is 0 Å². The number of nitriles is 1. The maximum Gasteiger partial charge on any atom is 0.148 e. The van der Waals surface area contributed by atoms with Crippen molar-refractivity contribution in [1.82, 2.24) is 4.98 Å². The van der Waals surface area contributed by atoms with E-state index >= 15 is 0 Å². The second-order valence-corrected chi connectivity index (χ2v) is 4.45. The van der Waals surface area contributed by atoms with Crippen LogP contribution in [-0.4, -0.2) is 24.4 Å². The van der Waals surface area contributed by atoms with E-state index in [0.29, 0.717) is 16.4 Å². The molecule has 17 heavy (non-hydrogen) atoms. The minimum absolute atomic E-state index is 0.143. The second kappa shape index (κ2) is 5.15. The molecule has 1 saturated heterocycles. The van der Waals surface area contributed by atoms with Gasteiger partial charge < -0.3 is 9.69 Å². The number of rotatable bonds is 2. The molecule has 0 saturated carbocycles. The van der Waals surface area contributed by atoms with Gasteiger partial charge in [-0.2, -0.15) is 5.26 Å². The third kappa shape index (κ3) is 2.40. The van der Waals surface area contributed by atoms with E-state index in [0.717, 1.165) is 32.2 Å². The SMILES string of the molecule is N#Cc1ccnc(N2CCC(C=O)CC2)c1Cl. The van der Waals surface area contributed by atoms with Crippen molar-refractivity contribution in [1.29, 1.82) is 5.26 Å². The Morgan fingerprint density at radius 2 is 2.24 bits per heavy atom. The van der Waals surface area contributed by atoms with Crippen molar-refractivity contribution in [3.05, 3.63) is 22.8 Å². The van der Waals surface area contributed by atoms with Gasteiger partial charge in [0, 0.05) is 25.2 Å². The van der Waals surface area contributed by atoms with Crippen molar-refractivity contribution < 1.29 is 4.79 Å². The Morgan fingerprint density at radius 1 is 1.53 bits per heavy atom. The van der Waals surface area contributed by atoms with Gasteiger partial charge >= 0.3 is 0 Å². The highest BCUT2D eigenvalue weighted by Gasteiger charge is 2.22. The first-order valence-electron chi connectivity index (χ1n) is 5.51. The summed E-state index contributed by atoms with van der Waals surface area (Å²) in [5, 5.41) is 9.30. The van der Waals surface area contributed by atoms with Gasteiger partial charge in [0.2, 0.25) is 0 Å². The standard InChI is InChI=1S/C12H12ClN3O/c13-11-10(7-14)1-4-15-12(11)16-5-2-9(8-17)3-6-16/h1,4,8-9H,2-3,5-6H2. The van der Waals surface area contributed by atoms with Gasteiger partial charge in [-0.05, 0) is 18.9 Å². The number of pyridine rings is 1. The topological polar surface area (TPSA) is 57.0 Å². The molecule has 0 unspecified atom stereocenters. The molecule has 88 valence electrons. The number of anilines is 1. The summed E-state index contributed by atoms with van der Waals surface area (Å²) in [4.78, 5) is 16.9. The number of halogens is 1. The zero-order chi connectivity index (χ0) is 12.3. The first-order chi connectivity index (χ1) is 8.26. The van der Waals surface area contributed by atoms with Gasteiger partial charge in [0.15, 0.2) is 0 Å². The molecular formula is C12H12ClN3O. The zero-order valence-electron chi connectivity index (χ0n) is 9.27. The maximum atomic E-state index is 10.7. The summed E-state index contributed by atoms with van der Waals surface area (Å²) >= 11 is 6.12. The normalized spacial score (nSPS) is 16.6. The largest absolute Gasteiger partial charge is 0.355 e. The van der Waals surface area contributed by atoms with Gasteiger partial charge in [-0.1, -0.05) is 11.6 Å². The number of piperidine rings is 1. The predicted molar refractivity (Wildman–Crippen MR) is 65.0 cm³/mol. The Kier molecular flexibility index (Phi) is 3.60. The van der Waals surface area contributed by atoms with Gasteiger partial charge in [-0.3, -0.25) is 0 Å². The van der Waals surface area contributed by atoms with E-state index in [9.17, 15) is 4.79 Å². The first kappa shape index (κ1) is 11.9. The lowest BCUT2D eigenvalue weighted by molar-refractivity contribution is -0.111. The van der Waals surface area contributed by atoms with E-state index in [-0.39, 0.29) is 5.92 Å². The van der Waals surface area contributed by atoms with Crippen molar-refractivity contribution in [3.63, 3.8) is 0 Å². The molecular weight excluding hydrogens is 238 g/mol. The molecule has 0 aliphatic carbocycles. The van der Waals surface area contributed by atoms with Crippen LogP contribution in [0.4, 0.5) is 5.82 Å². The molecule has 5 heteroatoms. The summed E-state index contributed by atoms with van der Waals surface area (Å²) in [7, 11) is 0. The van der Waals surface area contributed by atoms with Crippen molar-refractivity contribution >= 4 is 23.7 Å². The number of nitrogens with zero attached hydrogens (tertiary/aromatic N) is 3. The van der Waals surface area contributed by atoms with Crippen LogP contribution >= 0.6 is 11.6 Å². The average molecular weight is 250 g/mol. The Hall–Kier alpha value is -1.60. The molecule has 0 aromatic carbocycles. The van der Waals surface area contributed by atoms with Gasteiger partial charge in [0.05, 0.1) is 5.56 Å². The molecule has 0 radical (unpaired) electrons. The molecule has 1 aromatic rings. The summed E-state index contributed by atoms with van der Waals surface area (Å²) in [6.07, 6.45) is 4.24. The van der Waals surface area contributed by atoms with Crippen molar-refractivity contribution in [2.75, 3.05) is 18.0 Å². The van der Waals surface area contributed by atoms with Crippen LogP contribution in [-0.2, 0) is 4.79 Å². The van der Waals surface area contributed by atoms with Gasteiger partial charge in [0.25, 0.3) is 0 Å². The second-order valence-electron chi connectivity index (χ2n) is 4.07. The van der Waals surface area contributed by atoms with Gasteiger partial charge in [-0.15, -0.1) is 0 Å². The highest BCUT2D eigenvalue weighted by molar-refractivity contribution is 6.34. The van der Waals surface area contributed by atoms with Crippen LogP contribution in [0.2, 0.25) is 5.02 Å². The highest BCUT2D eigenvalue weighted by Crippen LogP contribution is 2.29. The fourth-order valence-corrected chi connectivity index (χ4v) is 2.26. The molecule has 2 heterocycles. The van der Waals surface area contributed by atoms with Crippen LogP contribution in [0.1, 0.15) is 18.4 Å². The summed E-state index contributed by atoms with van der Waals surface area (Å²) in [6.45, 7) is 1.51. The zero-order valence-corrected chi connectivity index (χ0v) is 10.0. The third-order valence-electron chi connectivity index (χ3n) is 3.02. The molecule has 0 amide bonds. The van der Waals surface area contributed by atoms with Crippen molar-refractivity contribution in [3.8, 4) is 6.07 Å². The molecule has 1 aromatic heterocycles. The number of aldehydes is 1. The molecule has 0 N–H and O–H groups in total. The monoisotopic (exact) mass is 249 g/mol. The molecule has 4 nitrogen and oxygen atoms in total. The molecule has 1 fully saturated rings. The van der Waals surface area contributed by atoms with E-state index in [4.69, 9.17) is 16.9 Å². The fourth-order valence-electron chi connectivity index (χ4n) is 1.99. The first-order valence-corrected chi connectivity index (χ1v) is 5.89. The Labute approximate surface area is 105 Å². The molecule has 0 spiro atoms. The summed E-state index contributed by atoms with van der Waals surface area (Å²) in [5.41, 5.74) is 0.439. The number of carbonyl (C=O) groups is 1. The number of hydrogen-bond donors (Lipinski definition) is 0. The van der Waals surface area contributed by atoms with E-state index in [1.165, 1.54) is 0 Å².